The lowest BCUT2D eigenvalue weighted by molar-refractivity contribution is -0.171. The SMILES string of the molecule is CCCCCCCC1(CC[C@H]2[C@H](O)CC(O)[C@@H]2C/C=C\CCCC(=O)O)OCCO1. The van der Waals surface area contributed by atoms with Crippen molar-refractivity contribution < 1.29 is 29.6 Å². The average Bonchev–Trinajstić information content (AvgIpc) is 3.27. The van der Waals surface area contributed by atoms with Gasteiger partial charge in [0.25, 0.3) is 0 Å². The van der Waals surface area contributed by atoms with E-state index in [1.807, 2.05) is 12.2 Å². The first-order chi connectivity index (χ1) is 14.5. The summed E-state index contributed by atoms with van der Waals surface area (Å²) in [6.45, 7) is 3.48. The van der Waals surface area contributed by atoms with Gasteiger partial charge in [-0.05, 0) is 50.4 Å². The maximum atomic E-state index is 10.6. The number of aliphatic carboxylic acids is 1. The fourth-order valence-electron chi connectivity index (χ4n) is 4.94. The van der Waals surface area contributed by atoms with Gasteiger partial charge in [-0.3, -0.25) is 4.79 Å². The Hall–Kier alpha value is -0.950. The highest BCUT2D eigenvalue weighted by molar-refractivity contribution is 5.66. The van der Waals surface area contributed by atoms with Crippen molar-refractivity contribution in [2.75, 3.05) is 13.2 Å². The van der Waals surface area contributed by atoms with Gasteiger partial charge in [-0.25, -0.2) is 0 Å². The molecule has 0 bridgehead atoms. The summed E-state index contributed by atoms with van der Waals surface area (Å²) in [5, 5.41) is 29.7. The zero-order valence-corrected chi connectivity index (χ0v) is 18.6. The quantitative estimate of drug-likeness (QED) is 0.265. The predicted octanol–water partition coefficient (Wildman–Crippen LogP) is 4.43. The van der Waals surface area contributed by atoms with Gasteiger partial charge in [-0.1, -0.05) is 44.8 Å². The van der Waals surface area contributed by atoms with E-state index in [1.54, 1.807) is 0 Å². The third-order valence-electron chi connectivity index (χ3n) is 6.69. The Balaban J connectivity index is 1.82. The Morgan fingerprint density at radius 1 is 0.967 bits per heavy atom. The van der Waals surface area contributed by atoms with Crippen molar-refractivity contribution in [2.24, 2.45) is 11.8 Å². The van der Waals surface area contributed by atoms with E-state index in [0.29, 0.717) is 32.5 Å². The van der Waals surface area contributed by atoms with Crippen molar-refractivity contribution >= 4 is 5.97 Å². The highest BCUT2D eigenvalue weighted by atomic mass is 16.7. The third kappa shape index (κ3) is 8.29. The summed E-state index contributed by atoms with van der Waals surface area (Å²) in [7, 11) is 0. The molecule has 174 valence electrons. The molecule has 1 unspecified atom stereocenters. The molecule has 30 heavy (non-hydrogen) atoms. The summed E-state index contributed by atoms with van der Waals surface area (Å²) in [5.41, 5.74) is 0. The molecule has 1 saturated heterocycles. The van der Waals surface area contributed by atoms with Crippen molar-refractivity contribution in [1.29, 1.82) is 0 Å². The molecule has 2 rings (SSSR count). The summed E-state index contributed by atoms with van der Waals surface area (Å²) < 4.78 is 12.0. The number of carbonyl (C=O) groups is 1. The second kappa shape index (κ2) is 13.5. The van der Waals surface area contributed by atoms with E-state index < -0.39 is 24.0 Å². The first kappa shape index (κ1) is 25.3. The maximum absolute atomic E-state index is 10.6. The van der Waals surface area contributed by atoms with E-state index in [-0.39, 0.29) is 18.3 Å². The lowest BCUT2D eigenvalue weighted by atomic mass is 9.85. The van der Waals surface area contributed by atoms with Crippen LogP contribution >= 0.6 is 0 Å². The molecular weight excluding hydrogens is 384 g/mol. The van der Waals surface area contributed by atoms with E-state index in [2.05, 4.69) is 6.92 Å². The second-order valence-electron chi connectivity index (χ2n) is 9.00. The van der Waals surface area contributed by atoms with Crippen molar-refractivity contribution in [2.45, 2.75) is 108 Å². The standard InChI is InChI=1S/C24H42O6/c1-2-3-4-7-10-14-24(29-16-17-30-24)15-13-20-19(21(25)18-22(20)26)11-8-5-6-9-12-23(27)28/h5,8,19-22,25-26H,2-4,6-7,9-18H2,1H3,(H,27,28)/b8-5-/t19-,20-,21?,22-/m1/s1. The molecule has 0 aromatic heterocycles. The molecule has 0 spiro atoms. The smallest absolute Gasteiger partial charge is 0.303 e. The molecule has 1 heterocycles. The minimum Gasteiger partial charge on any atom is -0.481 e. The van der Waals surface area contributed by atoms with Crippen LogP contribution in [0.25, 0.3) is 0 Å². The van der Waals surface area contributed by atoms with Crippen LogP contribution in [0.5, 0.6) is 0 Å². The largest absolute Gasteiger partial charge is 0.481 e. The first-order valence-electron chi connectivity index (χ1n) is 12.0. The van der Waals surface area contributed by atoms with Gasteiger partial charge in [-0.2, -0.15) is 0 Å². The Labute approximate surface area is 181 Å². The van der Waals surface area contributed by atoms with Crippen LogP contribution in [0.4, 0.5) is 0 Å². The summed E-state index contributed by atoms with van der Waals surface area (Å²) in [6.07, 6.45) is 14.2. The number of aliphatic hydroxyl groups is 2. The molecule has 2 fully saturated rings. The Morgan fingerprint density at radius 2 is 1.67 bits per heavy atom. The Kier molecular flexibility index (Phi) is 11.4. The van der Waals surface area contributed by atoms with E-state index in [1.165, 1.54) is 25.7 Å². The van der Waals surface area contributed by atoms with Crippen LogP contribution in [0, 0.1) is 11.8 Å². The van der Waals surface area contributed by atoms with Gasteiger partial charge in [0.15, 0.2) is 5.79 Å². The van der Waals surface area contributed by atoms with Crippen molar-refractivity contribution in [3.05, 3.63) is 12.2 Å². The molecule has 6 nitrogen and oxygen atoms in total. The van der Waals surface area contributed by atoms with E-state index in [4.69, 9.17) is 14.6 Å². The molecule has 1 saturated carbocycles. The molecule has 0 radical (unpaired) electrons. The first-order valence-corrected chi connectivity index (χ1v) is 12.0. The minimum atomic E-state index is -0.770. The number of carboxylic acids is 1. The van der Waals surface area contributed by atoms with Crippen LogP contribution in [0.3, 0.4) is 0 Å². The van der Waals surface area contributed by atoms with Crippen LogP contribution in [0.15, 0.2) is 12.2 Å². The van der Waals surface area contributed by atoms with Gasteiger partial charge in [-0.15, -0.1) is 0 Å². The molecule has 6 heteroatoms. The van der Waals surface area contributed by atoms with E-state index in [9.17, 15) is 15.0 Å². The predicted molar refractivity (Wildman–Crippen MR) is 116 cm³/mol. The summed E-state index contributed by atoms with van der Waals surface area (Å²) in [6, 6.07) is 0. The van der Waals surface area contributed by atoms with E-state index >= 15 is 0 Å². The maximum Gasteiger partial charge on any atom is 0.303 e. The molecule has 3 N–H and O–H groups in total. The highest BCUT2D eigenvalue weighted by Crippen LogP contribution is 2.41. The van der Waals surface area contributed by atoms with Crippen LogP contribution < -0.4 is 0 Å². The lowest BCUT2D eigenvalue weighted by Gasteiger charge is -2.31. The van der Waals surface area contributed by atoms with Crippen LogP contribution in [0.2, 0.25) is 0 Å². The van der Waals surface area contributed by atoms with Crippen LogP contribution in [-0.4, -0.2) is 52.5 Å². The van der Waals surface area contributed by atoms with Gasteiger partial charge in [0.1, 0.15) is 0 Å². The summed E-state index contributed by atoms with van der Waals surface area (Å²) in [5.74, 6) is -1.22. The molecule has 1 aliphatic heterocycles. The monoisotopic (exact) mass is 426 g/mol. The number of allylic oxidation sites excluding steroid dienone is 2. The van der Waals surface area contributed by atoms with Gasteiger partial charge in [0.05, 0.1) is 25.4 Å². The van der Waals surface area contributed by atoms with Crippen molar-refractivity contribution in [1.82, 2.24) is 0 Å². The number of hydrogen-bond acceptors (Lipinski definition) is 5. The fourth-order valence-corrected chi connectivity index (χ4v) is 4.94. The number of ether oxygens (including phenoxy) is 2. The zero-order valence-electron chi connectivity index (χ0n) is 18.6. The molecule has 2 aliphatic rings. The zero-order chi connectivity index (χ0) is 21.8. The van der Waals surface area contributed by atoms with Crippen LogP contribution in [-0.2, 0) is 14.3 Å². The molecule has 4 atom stereocenters. The second-order valence-corrected chi connectivity index (χ2v) is 9.00. The molecule has 0 aromatic carbocycles. The van der Waals surface area contributed by atoms with Crippen molar-refractivity contribution in [3.8, 4) is 0 Å². The Morgan fingerprint density at radius 3 is 2.37 bits per heavy atom. The number of carboxylic acid groups (broad SMARTS) is 1. The normalized spacial score (nSPS) is 28.5. The summed E-state index contributed by atoms with van der Waals surface area (Å²) >= 11 is 0. The van der Waals surface area contributed by atoms with Gasteiger partial charge in [0.2, 0.25) is 0 Å². The number of aliphatic hydroxyl groups excluding tert-OH is 2. The molecule has 0 amide bonds. The van der Waals surface area contributed by atoms with Crippen LogP contribution in [0.1, 0.15) is 90.4 Å². The van der Waals surface area contributed by atoms with Crippen molar-refractivity contribution in [3.63, 3.8) is 0 Å². The fraction of sp³-hybridized carbons (Fsp3) is 0.875. The topological polar surface area (TPSA) is 96.2 Å². The third-order valence-corrected chi connectivity index (χ3v) is 6.69. The Bertz CT molecular complexity index is 514. The number of unbranched alkanes of at least 4 members (excludes halogenated alkanes) is 5. The van der Waals surface area contributed by atoms with Gasteiger partial charge < -0.3 is 24.8 Å². The van der Waals surface area contributed by atoms with Gasteiger partial charge in [0, 0.05) is 19.3 Å². The minimum absolute atomic E-state index is 0.0266. The average molecular weight is 427 g/mol. The van der Waals surface area contributed by atoms with E-state index in [0.717, 1.165) is 32.1 Å². The molecule has 0 aromatic rings. The molecule has 1 aliphatic carbocycles. The summed E-state index contributed by atoms with van der Waals surface area (Å²) in [4.78, 5) is 10.6. The number of hydrogen-bond donors (Lipinski definition) is 3. The lowest BCUT2D eigenvalue weighted by Crippen LogP contribution is -2.33. The number of rotatable bonds is 15. The highest BCUT2D eigenvalue weighted by Gasteiger charge is 2.43. The molecular formula is C24H42O6. The van der Waals surface area contributed by atoms with Gasteiger partial charge >= 0.3 is 5.97 Å².